The average molecular weight is 347 g/mol. The monoisotopic (exact) mass is 347 g/mol. The van der Waals surface area contributed by atoms with E-state index in [1.807, 2.05) is 34.8 Å². The van der Waals surface area contributed by atoms with Gasteiger partial charge in [0.05, 0.1) is 10.9 Å². The fourth-order valence-electron chi connectivity index (χ4n) is 3.45. The van der Waals surface area contributed by atoms with Crippen LogP contribution in [0.1, 0.15) is 40.5 Å². The van der Waals surface area contributed by atoms with Crippen LogP contribution >= 0.6 is 0 Å². The molecule has 1 aromatic heterocycles. The Bertz CT molecular complexity index is 886. The largest absolute Gasteiger partial charge is 0.353 e. The van der Waals surface area contributed by atoms with Gasteiger partial charge in [0, 0.05) is 31.0 Å². The number of nitrogens with zero attached hydrogens (tertiary/aromatic N) is 2. The van der Waals surface area contributed by atoms with E-state index >= 15 is 0 Å². The van der Waals surface area contributed by atoms with Gasteiger partial charge in [-0.3, -0.25) is 4.79 Å². The Morgan fingerprint density at radius 3 is 2.62 bits per heavy atom. The lowest BCUT2D eigenvalue weighted by Gasteiger charge is -2.26. The molecule has 1 aliphatic rings. The quantitative estimate of drug-likeness (QED) is 0.921. The van der Waals surface area contributed by atoms with E-state index in [0.29, 0.717) is 17.7 Å². The van der Waals surface area contributed by atoms with E-state index in [0.717, 1.165) is 18.5 Å². The first kappa shape index (κ1) is 16.7. The van der Waals surface area contributed by atoms with E-state index < -0.39 is 10.0 Å². The number of sulfonamides is 1. The number of primary sulfonamides is 1. The highest BCUT2D eigenvalue weighted by Crippen LogP contribution is 2.34. The predicted octanol–water partition coefficient (Wildman–Crippen LogP) is 1.96. The molecule has 0 aliphatic carbocycles. The maximum Gasteiger partial charge on any atom is 0.254 e. The van der Waals surface area contributed by atoms with Gasteiger partial charge in [-0.2, -0.15) is 0 Å². The van der Waals surface area contributed by atoms with Crippen LogP contribution in [0.15, 0.2) is 41.4 Å². The molecule has 128 valence electrons. The highest BCUT2D eigenvalue weighted by molar-refractivity contribution is 7.89. The molecule has 3 rings (SSSR count). The van der Waals surface area contributed by atoms with Gasteiger partial charge in [-0.1, -0.05) is 6.07 Å². The highest BCUT2D eigenvalue weighted by atomic mass is 32.2. The van der Waals surface area contributed by atoms with Gasteiger partial charge in [-0.15, -0.1) is 0 Å². The zero-order valence-corrected chi connectivity index (χ0v) is 14.6. The van der Waals surface area contributed by atoms with Crippen LogP contribution in [0.5, 0.6) is 0 Å². The number of rotatable bonds is 3. The minimum atomic E-state index is -3.85. The lowest BCUT2D eigenvalue weighted by molar-refractivity contribution is 0.0730. The first-order valence-electron chi connectivity index (χ1n) is 7.85. The summed E-state index contributed by atoms with van der Waals surface area (Å²) < 4.78 is 25.4. The van der Waals surface area contributed by atoms with Crippen molar-refractivity contribution in [3.05, 3.63) is 53.3 Å². The molecule has 1 fully saturated rings. The van der Waals surface area contributed by atoms with E-state index in [4.69, 9.17) is 5.14 Å². The molecular formula is C17H21N3O3S. The van der Waals surface area contributed by atoms with Crippen LogP contribution in [0.3, 0.4) is 0 Å². The number of hydrogen-bond acceptors (Lipinski definition) is 3. The van der Waals surface area contributed by atoms with Crippen molar-refractivity contribution < 1.29 is 13.2 Å². The number of benzene rings is 1. The smallest absolute Gasteiger partial charge is 0.254 e. The second-order valence-electron chi connectivity index (χ2n) is 6.17. The number of carbonyl (C=O) groups is 1. The minimum absolute atomic E-state index is 0.00274. The summed E-state index contributed by atoms with van der Waals surface area (Å²) in [4.78, 5) is 14.9. The molecular weight excluding hydrogens is 326 g/mol. The molecule has 1 amide bonds. The summed E-state index contributed by atoms with van der Waals surface area (Å²) in [5.74, 6) is -0.151. The van der Waals surface area contributed by atoms with Gasteiger partial charge in [0.2, 0.25) is 10.0 Å². The third kappa shape index (κ3) is 2.85. The summed E-state index contributed by atoms with van der Waals surface area (Å²) >= 11 is 0. The lowest BCUT2D eigenvalue weighted by Crippen LogP contribution is -2.32. The first-order chi connectivity index (χ1) is 11.3. The highest BCUT2D eigenvalue weighted by Gasteiger charge is 2.33. The van der Waals surface area contributed by atoms with Crippen LogP contribution in [0.25, 0.3) is 0 Å². The third-order valence-corrected chi connectivity index (χ3v) is 5.72. The van der Waals surface area contributed by atoms with Crippen molar-refractivity contribution in [2.45, 2.75) is 30.7 Å². The van der Waals surface area contributed by atoms with Crippen molar-refractivity contribution in [2.24, 2.45) is 12.2 Å². The Kier molecular flexibility index (Phi) is 4.23. The fraction of sp³-hybridized carbons (Fsp3) is 0.353. The third-order valence-electron chi connectivity index (χ3n) is 4.66. The van der Waals surface area contributed by atoms with Crippen LogP contribution < -0.4 is 5.14 Å². The number of amides is 1. The number of aromatic nitrogens is 1. The predicted molar refractivity (Wildman–Crippen MR) is 91.0 cm³/mol. The Labute approximate surface area is 141 Å². The lowest BCUT2D eigenvalue weighted by atomic mass is 10.1. The first-order valence-corrected chi connectivity index (χ1v) is 9.40. The molecule has 2 aromatic rings. The minimum Gasteiger partial charge on any atom is -0.353 e. The van der Waals surface area contributed by atoms with Crippen LogP contribution in [0.2, 0.25) is 0 Å². The Balaban J connectivity index is 1.99. The zero-order valence-electron chi connectivity index (χ0n) is 13.8. The average Bonchev–Trinajstić information content (AvgIpc) is 3.13. The molecule has 1 unspecified atom stereocenters. The molecule has 24 heavy (non-hydrogen) atoms. The van der Waals surface area contributed by atoms with Crippen molar-refractivity contribution in [1.82, 2.24) is 9.47 Å². The molecule has 0 bridgehead atoms. The van der Waals surface area contributed by atoms with E-state index in [1.165, 1.54) is 6.07 Å². The molecule has 0 radical (unpaired) electrons. The molecule has 2 N–H and O–H groups in total. The summed E-state index contributed by atoms with van der Waals surface area (Å²) in [6, 6.07) is 8.64. The molecule has 1 saturated heterocycles. The van der Waals surface area contributed by atoms with E-state index in [1.54, 1.807) is 19.1 Å². The normalized spacial score (nSPS) is 18.1. The van der Waals surface area contributed by atoms with E-state index in [9.17, 15) is 13.2 Å². The topological polar surface area (TPSA) is 85.4 Å². The summed E-state index contributed by atoms with van der Waals surface area (Å²) in [6.45, 7) is 2.29. The Morgan fingerprint density at radius 2 is 2.00 bits per heavy atom. The molecule has 1 aliphatic heterocycles. The zero-order chi connectivity index (χ0) is 17.5. The standard InChI is InChI=1S/C17H21N3O3S/c1-12-13(6-3-9-16(12)24(18,22)23)17(21)20-11-5-8-15(20)14-7-4-10-19(14)2/h3-4,6-7,9-10,15H,5,8,11H2,1-2H3,(H2,18,22,23). The number of carbonyl (C=O) groups excluding carboxylic acids is 1. The van der Waals surface area contributed by atoms with Gasteiger partial charge in [0.1, 0.15) is 0 Å². The van der Waals surface area contributed by atoms with Gasteiger partial charge < -0.3 is 9.47 Å². The Hall–Kier alpha value is -2.12. The van der Waals surface area contributed by atoms with Crippen LogP contribution in [0, 0.1) is 6.92 Å². The summed E-state index contributed by atoms with van der Waals surface area (Å²) in [5.41, 5.74) is 1.88. The van der Waals surface area contributed by atoms with Crippen molar-refractivity contribution in [3.63, 3.8) is 0 Å². The summed E-state index contributed by atoms with van der Waals surface area (Å²) in [5, 5.41) is 5.25. The molecule has 7 heteroatoms. The maximum atomic E-state index is 13.0. The summed E-state index contributed by atoms with van der Waals surface area (Å²) in [7, 11) is -1.89. The molecule has 6 nitrogen and oxygen atoms in total. The second kappa shape index (κ2) is 6.07. The van der Waals surface area contributed by atoms with Crippen molar-refractivity contribution in [1.29, 1.82) is 0 Å². The molecule has 0 spiro atoms. The maximum absolute atomic E-state index is 13.0. The number of hydrogen-bond donors (Lipinski definition) is 1. The Morgan fingerprint density at radius 1 is 1.25 bits per heavy atom. The SMILES string of the molecule is Cc1c(C(=O)N2CCCC2c2cccn2C)cccc1S(N)(=O)=O. The molecule has 1 aromatic carbocycles. The van der Waals surface area contributed by atoms with Crippen LogP contribution in [0.4, 0.5) is 0 Å². The number of nitrogens with two attached hydrogens (primary N) is 1. The summed E-state index contributed by atoms with van der Waals surface area (Å²) in [6.07, 6.45) is 3.79. The van der Waals surface area contributed by atoms with Gasteiger partial charge in [-0.05, 0) is 49.6 Å². The molecule has 1 atom stereocenters. The van der Waals surface area contributed by atoms with Gasteiger partial charge in [0.15, 0.2) is 0 Å². The van der Waals surface area contributed by atoms with Crippen molar-refractivity contribution in [3.8, 4) is 0 Å². The fourth-order valence-corrected chi connectivity index (χ4v) is 4.25. The van der Waals surface area contributed by atoms with Crippen LogP contribution in [-0.4, -0.2) is 30.3 Å². The van der Waals surface area contributed by atoms with E-state index in [2.05, 4.69) is 0 Å². The van der Waals surface area contributed by atoms with Gasteiger partial charge >= 0.3 is 0 Å². The molecule has 2 heterocycles. The molecule has 0 saturated carbocycles. The van der Waals surface area contributed by atoms with Crippen LogP contribution in [-0.2, 0) is 17.1 Å². The number of aryl methyl sites for hydroxylation is 1. The van der Waals surface area contributed by atoms with E-state index in [-0.39, 0.29) is 16.8 Å². The van der Waals surface area contributed by atoms with Crippen molar-refractivity contribution >= 4 is 15.9 Å². The second-order valence-corrected chi connectivity index (χ2v) is 7.70. The van der Waals surface area contributed by atoms with Crippen molar-refractivity contribution in [2.75, 3.05) is 6.54 Å². The van der Waals surface area contributed by atoms with Gasteiger partial charge in [0.25, 0.3) is 5.91 Å². The van der Waals surface area contributed by atoms with Gasteiger partial charge in [-0.25, -0.2) is 13.6 Å². The number of likely N-dealkylation sites (tertiary alicyclic amines) is 1.